The molecule has 2 nitrogen and oxygen atoms in total. The summed E-state index contributed by atoms with van der Waals surface area (Å²) in [5.41, 5.74) is 0. The molecule has 0 fully saturated rings. The van der Waals surface area contributed by atoms with E-state index in [4.69, 9.17) is 0 Å². The van der Waals surface area contributed by atoms with Gasteiger partial charge in [0.2, 0.25) is 0 Å². The highest BCUT2D eigenvalue weighted by Crippen LogP contribution is 0.886. The SMILES string of the molecule is Br.I.N.N. The van der Waals surface area contributed by atoms with Crippen molar-refractivity contribution in [3.8, 4) is 0 Å². The second-order valence-corrected chi connectivity index (χ2v) is 0. The highest BCUT2D eigenvalue weighted by atomic mass is 127. The van der Waals surface area contributed by atoms with Crippen LogP contribution in [-0.2, 0) is 0 Å². The molecule has 0 radical (unpaired) electrons. The number of rotatable bonds is 0. The average molecular weight is 243 g/mol. The third-order valence-electron chi connectivity index (χ3n) is 0. The van der Waals surface area contributed by atoms with Gasteiger partial charge in [0.25, 0.3) is 0 Å². The van der Waals surface area contributed by atoms with Crippen molar-refractivity contribution < 1.29 is 0 Å². The van der Waals surface area contributed by atoms with Crippen LogP contribution >= 0.6 is 41.0 Å². The number of hydrogen-bond donors (Lipinski definition) is 2. The molecule has 0 rings (SSSR count). The number of halogens is 2. The fourth-order valence-corrected chi connectivity index (χ4v) is 0. The van der Waals surface area contributed by atoms with Gasteiger partial charge in [0.15, 0.2) is 0 Å². The summed E-state index contributed by atoms with van der Waals surface area (Å²) >= 11 is 0. The standard InChI is InChI=1S/BrH.HI.2H3N/h2*1H;2*1H3. The van der Waals surface area contributed by atoms with Crippen LogP contribution in [0.15, 0.2) is 0 Å². The molecule has 0 aliphatic carbocycles. The monoisotopic (exact) mass is 242 g/mol. The maximum Gasteiger partial charge on any atom is -0.107 e. The van der Waals surface area contributed by atoms with E-state index in [1.54, 1.807) is 0 Å². The lowest BCUT2D eigenvalue weighted by Crippen LogP contribution is -0.482. The topological polar surface area (TPSA) is 70.0 Å². The summed E-state index contributed by atoms with van der Waals surface area (Å²) in [6.07, 6.45) is 0. The lowest BCUT2D eigenvalue weighted by atomic mass is 14.0. The van der Waals surface area contributed by atoms with Crippen molar-refractivity contribution in [3.05, 3.63) is 0 Å². The molecule has 0 aromatic heterocycles. The van der Waals surface area contributed by atoms with Gasteiger partial charge in [-0.05, 0) is 0 Å². The van der Waals surface area contributed by atoms with Crippen molar-refractivity contribution in [1.29, 1.82) is 0 Å². The predicted octanol–water partition coefficient (Wildman–Crippen LogP) is 1.52. The Balaban J connectivity index is 0. The van der Waals surface area contributed by atoms with E-state index in [0.29, 0.717) is 0 Å². The fraction of sp³-hybridized carbons (Fsp3) is 0. The van der Waals surface area contributed by atoms with E-state index in [1.807, 2.05) is 0 Å². The molecular weight excluding hydrogens is 235 g/mol. The van der Waals surface area contributed by atoms with Gasteiger partial charge in [-0.15, -0.1) is 41.0 Å². The second-order valence-electron chi connectivity index (χ2n) is 0. The Morgan fingerprint density at radius 1 is 0.750 bits per heavy atom. The van der Waals surface area contributed by atoms with Crippen LogP contribution in [0.4, 0.5) is 0 Å². The van der Waals surface area contributed by atoms with Gasteiger partial charge in [-0.2, -0.15) is 0 Å². The molecule has 0 aromatic rings. The van der Waals surface area contributed by atoms with Crippen LogP contribution in [0.1, 0.15) is 0 Å². The normalized spacial score (nSPS) is 0. The van der Waals surface area contributed by atoms with E-state index < -0.39 is 0 Å². The van der Waals surface area contributed by atoms with E-state index in [2.05, 4.69) is 0 Å². The Kier molecular flexibility index (Phi) is 543. The zero-order valence-electron chi connectivity index (χ0n) is 2.23. The second kappa shape index (κ2) is 31.7. The van der Waals surface area contributed by atoms with Gasteiger partial charge < -0.3 is 12.3 Å². The van der Waals surface area contributed by atoms with Crippen LogP contribution in [0.25, 0.3) is 0 Å². The summed E-state index contributed by atoms with van der Waals surface area (Å²) in [4.78, 5) is 0. The molecule has 0 aliphatic heterocycles. The van der Waals surface area contributed by atoms with Crippen molar-refractivity contribution in [2.45, 2.75) is 0 Å². The van der Waals surface area contributed by atoms with Gasteiger partial charge in [0.05, 0.1) is 0 Å². The minimum Gasteiger partial charge on any atom is -0.344 e. The molecular formula is H8BrIN2. The first kappa shape index (κ1) is 68.5. The Hall–Kier alpha value is 1.13. The van der Waals surface area contributed by atoms with Crippen molar-refractivity contribution in [2.24, 2.45) is 0 Å². The fourth-order valence-electron chi connectivity index (χ4n) is 0. The van der Waals surface area contributed by atoms with Crippen LogP contribution in [-0.4, -0.2) is 0 Å². The van der Waals surface area contributed by atoms with Crippen molar-refractivity contribution in [1.82, 2.24) is 12.3 Å². The molecule has 6 N–H and O–H groups in total. The van der Waals surface area contributed by atoms with E-state index >= 15 is 0 Å². The molecule has 0 aliphatic rings. The van der Waals surface area contributed by atoms with Crippen molar-refractivity contribution in [3.63, 3.8) is 0 Å². The summed E-state index contributed by atoms with van der Waals surface area (Å²) in [6.45, 7) is 0. The van der Waals surface area contributed by atoms with E-state index in [9.17, 15) is 0 Å². The van der Waals surface area contributed by atoms with Gasteiger partial charge >= 0.3 is 0 Å². The summed E-state index contributed by atoms with van der Waals surface area (Å²) in [5, 5.41) is 0. The number of hydrogen-bond acceptors (Lipinski definition) is 2. The van der Waals surface area contributed by atoms with E-state index in [0.717, 1.165) is 0 Å². The zero-order valence-corrected chi connectivity index (χ0v) is 6.27. The Morgan fingerprint density at radius 2 is 0.750 bits per heavy atom. The Labute approximate surface area is 53.3 Å². The summed E-state index contributed by atoms with van der Waals surface area (Å²) in [7, 11) is 0. The first-order chi connectivity index (χ1) is 0. The third kappa shape index (κ3) is 11.1. The maximum atomic E-state index is 0. The minimum absolute atomic E-state index is 0. The van der Waals surface area contributed by atoms with Gasteiger partial charge in [-0.1, -0.05) is 0 Å². The third-order valence-corrected chi connectivity index (χ3v) is 0. The molecule has 0 aromatic carbocycles. The van der Waals surface area contributed by atoms with E-state index in [1.165, 1.54) is 0 Å². The maximum absolute atomic E-state index is 0. The predicted molar refractivity (Wildman–Crippen MR) is 35.8 cm³/mol. The van der Waals surface area contributed by atoms with E-state index in [-0.39, 0.29) is 53.3 Å². The molecule has 4 heavy (non-hydrogen) atoms. The van der Waals surface area contributed by atoms with Crippen LogP contribution in [0.5, 0.6) is 0 Å². The van der Waals surface area contributed by atoms with Crippen LogP contribution in [0.2, 0.25) is 0 Å². The van der Waals surface area contributed by atoms with Crippen molar-refractivity contribution >= 4 is 41.0 Å². The van der Waals surface area contributed by atoms with Gasteiger partial charge in [0, 0.05) is 0 Å². The quantitative estimate of drug-likeness (QED) is 0.633. The molecule has 0 amide bonds. The molecule has 0 atom stereocenters. The molecule has 0 spiro atoms. The molecule has 0 heterocycles. The van der Waals surface area contributed by atoms with Crippen LogP contribution in [0, 0.1) is 0 Å². The molecule has 0 saturated carbocycles. The van der Waals surface area contributed by atoms with Gasteiger partial charge in [-0.3, -0.25) is 0 Å². The molecule has 0 unspecified atom stereocenters. The molecule has 4 heteroatoms. The highest BCUT2D eigenvalue weighted by molar-refractivity contribution is 14.0. The molecule has 0 bridgehead atoms. The largest absolute Gasteiger partial charge is 0.344 e. The first-order valence-corrected chi connectivity index (χ1v) is 0. The smallest absolute Gasteiger partial charge is 0.107 e. The Bertz CT molecular complexity index is 6.00. The lowest BCUT2D eigenvalue weighted by Gasteiger charge is -0.345. The van der Waals surface area contributed by atoms with Gasteiger partial charge in [0.1, 0.15) is 0 Å². The summed E-state index contributed by atoms with van der Waals surface area (Å²) < 4.78 is 0. The highest BCUT2D eigenvalue weighted by Gasteiger charge is -0.107. The summed E-state index contributed by atoms with van der Waals surface area (Å²) in [5.74, 6) is 0. The Morgan fingerprint density at radius 3 is 0.750 bits per heavy atom. The van der Waals surface area contributed by atoms with Crippen molar-refractivity contribution in [2.75, 3.05) is 0 Å². The molecule has 0 saturated heterocycles. The molecule has 32 valence electrons. The first-order valence-electron chi connectivity index (χ1n) is 0. The average Bonchev–Trinajstić information content (AvgIpc) is 0. The van der Waals surface area contributed by atoms with Crippen LogP contribution in [0.3, 0.4) is 0 Å². The zero-order chi connectivity index (χ0) is 0. The summed E-state index contributed by atoms with van der Waals surface area (Å²) in [6, 6.07) is 0. The minimum atomic E-state index is 0. The van der Waals surface area contributed by atoms with Crippen LogP contribution < -0.4 is 12.3 Å². The lowest BCUT2D eigenvalue weighted by molar-refractivity contribution is 2.13. The van der Waals surface area contributed by atoms with Gasteiger partial charge in [-0.25, -0.2) is 0 Å².